The molecule has 0 radical (unpaired) electrons. The number of phenols is 1. The van der Waals surface area contributed by atoms with Gasteiger partial charge in [-0.15, -0.1) is 0 Å². The van der Waals surface area contributed by atoms with Gasteiger partial charge < -0.3 is 19.3 Å². The van der Waals surface area contributed by atoms with Crippen LogP contribution in [0.5, 0.6) is 5.75 Å². The van der Waals surface area contributed by atoms with Crippen molar-refractivity contribution in [1.82, 2.24) is 9.72 Å². The summed E-state index contributed by atoms with van der Waals surface area (Å²) in [6.45, 7) is 5.73. The van der Waals surface area contributed by atoms with Gasteiger partial charge in [-0.1, -0.05) is 37.2 Å². The maximum absolute atomic E-state index is 14.4. The highest BCUT2D eigenvalue weighted by Crippen LogP contribution is 2.45. The number of nitrogens with zero attached hydrogens (tertiary/aromatic N) is 2. The van der Waals surface area contributed by atoms with Gasteiger partial charge in [-0.05, 0) is 55.5 Å². The Hall–Kier alpha value is -3.59. The van der Waals surface area contributed by atoms with E-state index in [2.05, 4.69) is 5.16 Å². The third kappa shape index (κ3) is 4.51. The summed E-state index contributed by atoms with van der Waals surface area (Å²) >= 11 is 0. The van der Waals surface area contributed by atoms with Gasteiger partial charge in [0.1, 0.15) is 11.5 Å². The minimum Gasteiger partial charge on any atom is -0.508 e. The number of aromatic nitrogens is 2. The standard InChI is InChI=1S/C27H27F3N2O4/c1-16-24(17(2)36-31-16)18-9-10-23(34)20(13-18)25(3,4)14-26(35,27(28,29)30)15-32-12-11-22(33)19-7-5-6-8-21(19)32/h5-13,34-35H,14-15H2,1-4H3. The molecule has 190 valence electrons. The number of pyridine rings is 1. The molecule has 0 bridgehead atoms. The lowest BCUT2D eigenvalue weighted by molar-refractivity contribution is -0.271. The zero-order valence-electron chi connectivity index (χ0n) is 20.3. The summed E-state index contributed by atoms with van der Waals surface area (Å²) in [5.41, 5.74) is -2.33. The van der Waals surface area contributed by atoms with Gasteiger partial charge in [0.15, 0.2) is 11.0 Å². The van der Waals surface area contributed by atoms with Crippen LogP contribution >= 0.6 is 0 Å². The maximum atomic E-state index is 14.4. The van der Waals surface area contributed by atoms with E-state index in [0.29, 0.717) is 22.6 Å². The summed E-state index contributed by atoms with van der Waals surface area (Å²) in [5.74, 6) is 0.354. The van der Waals surface area contributed by atoms with E-state index in [1.54, 1.807) is 52.0 Å². The van der Waals surface area contributed by atoms with E-state index in [1.807, 2.05) is 0 Å². The number of phenolic OH excluding ortho intramolecular Hbond substituents is 1. The molecule has 2 heterocycles. The van der Waals surface area contributed by atoms with E-state index in [9.17, 15) is 28.2 Å². The van der Waals surface area contributed by atoms with Gasteiger partial charge in [0.05, 0.1) is 17.8 Å². The van der Waals surface area contributed by atoms with Crippen LogP contribution in [0.1, 0.15) is 37.3 Å². The normalized spacial score (nSPS) is 14.2. The second kappa shape index (κ2) is 8.81. The Morgan fingerprint density at radius 2 is 1.75 bits per heavy atom. The Morgan fingerprint density at radius 3 is 2.39 bits per heavy atom. The topological polar surface area (TPSA) is 88.5 Å². The third-order valence-electron chi connectivity index (χ3n) is 6.63. The highest BCUT2D eigenvalue weighted by atomic mass is 19.4. The predicted octanol–water partition coefficient (Wildman–Crippen LogP) is 5.64. The molecule has 4 rings (SSSR count). The molecule has 0 amide bonds. The van der Waals surface area contributed by atoms with Gasteiger partial charge in [-0.25, -0.2) is 0 Å². The van der Waals surface area contributed by atoms with E-state index in [4.69, 9.17) is 4.52 Å². The second-order valence-corrected chi connectivity index (χ2v) is 9.85. The molecule has 0 aliphatic carbocycles. The Bertz CT molecular complexity index is 1470. The zero-order chi connectivity index (χ0) is 26.5. The number of hydrogen-bond acceptors (Lipinski definition) is 5. The molecule has 0 aliphatic rings. The minimum atomic E-state index is -5.00. The number of rotatable bonds is 6. The molecule has 0 fully saturated rings. The van der Waals surface area contributed by atoms with Gasteiger partial charge >= 0.3 is 6.18 Å². The van der Waals surface area contributed by atoms with E-state index in [-0.39, 0.29) is 27.6 Å². The van der Waals surface area contributed by atoms with Gasteiger partial charge in [-0.2, -0.15) is 13.2 Å². The van der Waals surface area contributed by atoms with Crippen LogP contribution in [-0.2, 0) is 12.0 Å². The first-order valence-corrected chi connectivity index (χ1v) is 11.4. The predicted molar refractivity (Wildman–Crippen MR) is 130 cm³/mol. The first kappa shape index (κ1) is 25.5. The Morgan fingerprint density at radius 1 is 1.06 bits per heavy atom. The first-order chi connectivity index (χ1) is 16.7. The lowest BCUT2D eigenvalue weighted by atomic mass is 9.73. The van der Waals surface area contributed by atoms with Crippen LogP contribution in [0.2, 0.25) is 0 Å². The van der Waals surface area contributed by atoms with Crippen molar-refractivity contribution in [2.24, 2.45) is 0 Å². The highest BCUT2D eigenvalue weighted by Gasteiger charge is 2.56. The van der Waals surface area contributed by atoms with Crippen LogP contribution in [0.3, 0.4) is 0 Å². The first-order valence-electron chi connectivity index (χ1n) is 11.4. The minimum absolute atomic E-state index is 0.186. The van der Waals surface area contributed by atoms with Gasteiger partial charge in [0.2, 0.25) is 0 Å². The van der Waals surface area contributed by atoms with Crippen LogP contribution < -0.4 is 5.43 Å². The summed E-state index contributed by atoms with van der Waals surface area (Å²) in [7, 11) is 0. The van der Waals surface area contributed by atoms with Crippen LogP contribution in [0, 0.1) is 13.8 Å². The third-order valence-corrected chi connectivity index (χ3v) is 6.63. The number of fused-ring (bicyclic) bond motifs is 1. The summed E-state index contributed by atoms with van der Waals surface area (Å²) in [4.78, 5) is 12.2. The van der Waals surface area contributed by atoms with Gasteiger partial charge in [-0.3, -0.25) is 4.79 Å². The molecule has 2 aromatic heterocycles. The molecule has 9 heteroatoms. The number of benzene rings is 2. The van der Waals surface area contributed by atoms with Crippen molar-refractivity contribution in [3.8, 4) is 16.9 Å². The number of aliphatic hydroxyl groups is 1. The Balaban J connectivity index is 1.77. The molecule has 0 aliphatic heterocycles. The number of hydrogen-bond donors (Lipinski definition) is 2. The molecule has 0 spiro atoms. The Labute approximate surface area is 205 Å². The monoisotopic (exact) mass is 500 g/mol. The van der Waals surface area contributed by atoms with Crippen molar-refractivity contribution in [2.45, 2.75) is 57.9 Å². The van der Waals surface area contributed by atoms with Crippen molar-refractivity contribution in [2.75, 3.05) is 0 Å². The molecule has 1 atom stereocenters. The number of halogens is 3. The van der Waals surface area contributed by atoms with E-state index >= 15 is 0 Å². The van der Waals surface area contributed by atoms with E-state index in [1.165, 1.54) is 35.0 Å². The summed E-state index contributed by atoms with van der Waals surface area (Å²) < 4.78 is 49.7. The largest absolute Gasteiger partial charge is 0.508 e. The fraction of sp³-hybridized carbons (Fsp3) is 0.333. The highest BCUT2D eigenvalue weighted by molar-refractivity contribution is 5.78. The summed E-state index contributed by atoms with van der Waals surface area (Å²) in [6, 6.07) is 12.2. The maximum Gasteiger partial charge on any atom is 0.418 e. The number of alkyl halides is 3. The molecular formula is C27H27F3N2O4. The Kier molecular flexibility index (Phi) is 6.24. The van der Waals surface area contributed by atoms with E-state index in [0.717, 1.165) is 0 Å². The fourth-order valence-corrected chi connectivity index (χ4v) is 4.88. The molecule has 36 heavy (non-hydrogen) atoms. The van der Waals surface area contributed by atoms with E-state index < -0.39 is 30.2 Å². The number of aromatic hydroxyl groups is 1. The molecule has 0 saturated carbocycles. The van der Waals surface area contributed by atoms with Crippen LogP contribution in [0.15, 0.2) is 64.0 Å². The van der Waals surface area contributed by atoms with Gasteiger partial charge in [0, 0.05) is 28.8 Å². The molecule has 1 unspecified atom stereocenters. The molecule has 4 aromatic rings. The smallest absolute Gasteiger partial charge is 0.418 e. The second-order valence-electron chi connectivity index (χ2n) is 9.85. The quantitative estimate of drug-likeness (QED) is 0.358. The van der Waals surface area contributed by atoms with Crippen molar-refractivity contribution < 1.29 is 27.9 Å². The van der Waals surface area contributed by atoms with Crippen LogP contribution in [-0.4, -0.2) is 31.7 Å². The van der Waals surface area contributed by atoms with Crippen molar-refractivity contribution >= 4 is 10.9 Å². The van der Waals surface area contributed by atoms with Crippen molar-refractivity contribution in [3.63, 3.8) is 0 Å². The molecule has 0 saturated heterocycles. The molecule has 6 nitrogen and oxygen atoms in total. The lowest BCUT2D eigenvalue weighted by Gasteiger charge is -2.39. The fourth-order valence-electron chi connectivity index (χ4n) is 4.88. The molecule has 2 aromatic carbocycles. The number of para-hydroxylation sites is 1. The average Bonchev–Trinajstić information content (AvgIpc) is 3.13. The summed E-state index contributed by atoms with van der Waals surface area (Å²) in [6.07, 6.45) is -4.49. The average molecular weight is 501 g/mol. The zero-order valence-corrected chi connectivity index (χ0v) is 20.3. The SMILES string of the molecule is Cc1noc(C)c1-c1ccc(O)c(C(C)(C)CC(O)(Cn2ccc(=O)c3ccccc32)C(F)(F)F)c1. The van der Waals surface area contributed by atoms with Crippen molar-refractivity contribution in [1.29, 1.82) is 0 Å². The van der Waals surface area contributed by atoms with Crippen molar-refractivity contribution in [3.05, 3.63) is 82.0 Å². The van der Waals surface area contributed by atoms with Gasteiger partial charge in [0.25, 0.3) is 0 Å². The van der Waals surface area contributed by atoms with Crippen LogP contribution in [0.4, 0.5) is 13.2 Å². The number of aryl methyl sites for hydroxylation is 2. The molecule has 2 N–H and O–H groups in total. The molecular weight excluding hydrogens is 473 g/mol. The lowest BCUT2D eigenvalue weighted by Crippen LogP contribution is -2.52. The summed E-state index contributed by atoms with van der Waals surface area (Å²) in [5, 5.41) is 25.9. The van der Waals surface area contributed by atoms with Crippen LogP contribution in [0.25, 0.3) is 22.0 Å².